The molecule has 1 unspecified atom stereocenters. The normalized spacial score (nSPS) is 12.0. The summed E-state index contributed by atoms with van der Waals surface area (Å²) < 4.78 is 1.47. The Hall–Kier alpha value is -2.74. The highest BCUT2D eigenvalue weighted by Crippen LogP contribution is 2.21. The largest absolute Gasteiger partial charge is 0.391 e. The Kier molecular flexibility index (Phi) is 6.24. The van der Waals surface area contributed by atoms with Crippen LogP contribution in [0.4, 0.5) is 5.69 Å². The lowest BCUT2D eigenvalue weighted by Crippen LogP contribution is -2.33. The number of carbonyl (C=O) groups is 1. The predicted molar refractivity (Wildman–Crippen MR) is 92.1 cm³/mol. The lowest BCUT2D eigenvalue weighted by atomic mass is 10.1. The van der Waals surface area contributed by atoms with Gasteiger partial charge in [-0.2, -0.15) is 5.10 Å². The van der Waals surface area contributed by atoms with Crippen molar-refractivity contribution in [3.63, 3.8) is 0 Å². The number of aromatic nitrogens is 2. The van der Waals surface area contributed by atoms with Crippen LogP contribution in [-0.4, -0.2) is 38.4 Å². The van der Waals surface area contributed by atoms with Crippen LogP contribution >= 0.6 is 0 Å². The highest BCUT2D eigenvalue weighted by molar-refractivity contribution is 5.75. The SMILES string of the molecule is Cc1nn(CCC(=O)NCC(O)Cc2ccccc2)c(C)c1[N+](=O)[O-]. The lowest BCUT2D eigenvalue weighted by molar-refractivity contribution is -0.386. The molecular formula is C17H22N4O4. The minimum Gasteiger partial charge on any atom is -0.391 e. The van der Waals surface area contributed by atoms with Gasteiger partial charge in [0, 0.05) is 19.4 Å². The van der Waals surface area contributed by atoms with Gasteiger partial charge in [-0.05, 0) is 19.4 Å². The molecule has 1 heterocycles. The van der Waals surface area contributed by atoms with Crippen LogP contribution in [0.3, 0.4) is 0 Å². The molecule has 0 aliphatic heterocycles. The minimum atomic E-state index is -0.666. The first kappa shape index (κ1) is 18.6. The number of nitro groups is 1. The second-order valence-corrected chi connectivity index (χ2v) is 5.90. The molecule has 134 valence electrons. The molecule has 0 saturated carbocycles. The van der Waals surface area contributed by atoms with Gasteiger partial charge in [0.1, 0.15) is 11.4 Å². The van der Waals surface area contributed by atoms with Crippen molar-refractivity contribution < 1.29 is 14.8 Å². The average Bonchev–Trinajstić information content (AvgIpc) is 2.86. The highest BCUT2D eigenvalue weighted by Gasteiger charge is 2.21. The average molecular weight is 346 g/mol. The molecule has 0 bridgehead atoms. The molecule has 2 N–H and O–H groups in total. The van der Waals surface area contributed by atoms with Crippen LogP contribution in [-0.2, 0) is 17.8 Å². The van der Waals surface area contributed by atoms with Gasteiger partial charge < -0.3 is 10.4 Å². The number of nitrogens with one attached hydrogen (secondary N) is 1. The molecule has 2 aromatic rings. The van der Waals surface area contributed by atoms with Crippen LogP contribution in [0, 0.1) is 24.0 Å². The zero-order chi connectivity index (χ0) is 18.4. The third kappa shape index (κ3) is 5.12. The maximum Gasteiger partial charge on any atom is 0.312 e. The standard InChI is InChI=1S/C17H22N4O4/c1-12-17(21(24)25)13(2)20(19-12)9-8-16(23)18-11-15(22)10-14-6-4-3-5-7-14/h3-7,15,22H,8-11H2,1-2H3,(H,18,23). The zero-order valence-corrected chi connectivity index (χ0v) is 14.3. The molecule has 25 heavy (non-hydrogen) atoms. The van der Waals surface area contributed by atoms with Crippen molar-refractivity contribution >= 4 is 11.6 Å². The van der Waals surface area contributed by atoms with Crippen molar-refractivity contribution in [3.8, 4) is 0 Å². The van der Waals surface area contributed by atoms with E-state index in [-0.39, 0.29) is 31.1 Å². The van der Waals surface area contributed by atoms with E-state index >= 15 is 0 Å². The molecule has 1 aromatic heterocycles. The van der Waals surface area contributed by atoms with Crippen LogP contribution in [0.5, 0.6) is 0 Å². The van der Waals surface area contributed by atoms with E-state index in [0.717, 1.165) is 5.56 Å². The maximum absolute atomic E-state index is 11.9. The van der Waals surface area contributed by atoms with E-state index in [9.17, 15) is 20.0 Å². The minimum absolute atomic E-state index is 0.0151. The summed E-state index contributed by atoms with van der Waals surface area (Å²) in [5.41, 5.74) is 1.75. The Balaban J connectivity index is 1.79. The lowest BCUT2D eigenvalue weighted by Gasteiger charge is -2.12. The van der Waals surface area contributed by atoms with Crippen LogP contribution in [0.1, 0.15) is 23.4 Å². The van der Waals surface area contributed by atoms with Crippen molar-refractivity contribution in [2.24, 2.45) is 0 Å². The molecule has 8 heteroatoms. The van der Waals surface area contributed by atoms with Gasteiger partial charge in [0.2, 0.25) is 5.91 Å². The second-order valence-electron chi connectivity index (χ2n) is 5.90. The number of hydrogen-bond acceptors (Lipinski definition) is 5. The summed E-state index contributed by atoms with van der Waals surface area (Å²) in [7, 11) is 0. The topological polar surface area (TPSA) is 110 Å². The van der Waals surface area contributed by atoms with E-state index in [1.54, 1.807) is 13.8 Å². The van der Waals surface area contributed by atoms with E-state index in [2.05, 4.69) is 10.4 Å². The number of nitrogens with zero attached hydrogens (tertiary/aromatic N) is 3. The van der Waals surface area contributed by atoms with E-state index in [1.165, 1.54) is 4.68 Å². The van der Waals surface area contributed by atoms with E-state index in [0.29, 0.717) is 17.8 Å². The summed E-state index contributed by atoms with van der Waals surface area (Å²) in [4.78, 5) is 22.4. The van der Waals surface area contributed by atoms with Crippen molar-refractivity contribution in [1.29, 1.82) is 0 Å². The first-order valence-corrected chi connectivity index (χ1v) is 8.05. The molecule has 1 amide bonds. The van der Waals surface area contributed by atoms with Crippen molar-refractivity contribution in [2.45, 2.75) is 39.3 Å². The number of carbonyl (C=O) groups excluding carboxylic acids is 1. The molecule has 8 nitrogen and oxygen atoms in total. The van der Waals surface area contributed by atoms with Gasteiger partial charge in [0.25, 0.3) is 0 Å². The molecular weight excluding hydrogens is 324 g/mol. The monoisotopic (exact) mass is 346 g/mol. The first-order chi connectivity index (χ1) is 11.9. The fourth-order valence-electron chi connectivity index (χ4n) is 2.66. The number of hydrogen-bond donors (Lipinski definition) is 2. The van der Waals surface area contributed by atoms with Crippen LogP contribution in [0.15, 0.2) is 30.3 Å². The number of amides is 1. The van der Waals surface area contributed by atoms with Gasteiger partial charge in [-0.1, -0.05) is 30.3 Å². The molecule has 0 spiro atoms. The quantitative estimate of drug-likeness (QED) is 0.556. The number of rotatable bonds is 8. The number of benzene rings is 1. The van der Waals surface area contributed by atoms with Gasteiger partial charge >= 0.3 is 5.69 Å². The Bertz CT molecular complexity index is 743. The zero-order valence-electron chi connectivity index (χ0n) is 14.3. The summed E-state index contributed by atoms with van der Waals surface area (Å²) in [6, 6.07) is 9.53. The summed E-state index contributed by atoms with van der Waals surface area (Å²) in [6.07, 6.45) is -0.0665. The summed E-state index contributed by atoms with van der Waals surface area (Å²) >= 11 is 0. The van der Waals surface area contributed by atoms with Gasteiger partial charge in [0.15, 0.2) is 0 Å². The maximum atomic E-state index is 11.9. The van der Waals surface area contributed by atoms with E-state index in [1.807, 2.05) is 30.3 Å². The van der Waals surface area contributed by atoms with E-state index < -0.39 is 11.0 Å². The molecule has 0 aliphatic carbocycles. The summed E-state index contributed by atoms with van der Waals surface area (Å²) in [5, 5.41) is 27.7. The van der Waals surface area contributed by atoms with Gasteiger partial charge in [-0.25, -0.2) is 0 Å². The fourth-order valence-corrected chi connectivity index (χ4v) is 2.66. The van der Waals surface area contributed by atoms with Crippen molar-refractivity contribution in [1.82, 2.24) is 15.1 Å². The third-order valence-electron chi connectivity index (χ3n) is 3.93. The van der Waals surface area contributed by atoms with Gasteiger partial charge in [-0.15, -0.1) is 0 Å². The Morgan fingerprint density at radius 3 is 2.64 bits per heavy atom. The molecule has 1 aromatic carbocycles. The van der Waals surface area contributed by atoms with Gasteiger partial charge in [0.05, 0.1) is 17.6 Å². The molecule has 0 fully saturated rings. The molecule has 0 aliphatic rings. The Morgan fingerprint density at radius 1 is 1.36 bits per heavy atom. The van der Waals surface area contributed by atoms with Crippen molar-refractivity contribution in [3.05, 3.63) is 57.4 Å². The number of aliphatic hydroxyl groups is 1. The number of aryl methyl sites for hydroxylation is 2. The molecule has 0 radical (unpaired) electrons. The van der Waals surface area contributed by atoms with E-state index in [4.69, 9.17) is 0 Å². The molecule has 2 rings (SSSR count). The number of aliphatic hydroxyl groups excluding tert-OH is 1. The predicted octanol–water partition coefficient (Wildman–Crippen LogP) is 1.52. The summed E-state index contributed by atoms with van der Waals surface area (Å²) in [5.74, 6) is -0.234. The van der Waals surface area contributed by atoms with Crippen LogP contribution in [0.2, 0.25) is 0 Å². The smallest absolute Gasteiger partial charge is 0.312 e. The van der Waals surface area contributed by atoms with Gasteiger partial charge in [-0.3, -0.25) is 19.6 Å². The summed E-state index contributed by atoms with van der Waals surface area (Å²) in [6.45, 7) is 3.59. The van der Waals surface area contributed by atoms with Crippen molar-refractivity contribution in [2.75, 3.05) is 6.54 Å². The fraction of sp³-hybridized carbons (Fsp3) is 0.412. The van der Waals surface area contributed by atoms with Crippen LogP contribution in [0.25, 0.3) is 0 Å². The van der Waals surface area contributed by atoms with Crippen LogP contribution < -0.4 is 5.32 Å². The second kappa shape index (κ2) is 8.39. The third-order valence-corrected chi connectivity index (χ3v) is 3.93. The highest BCUT2D eigenvalue weighted by atomic mass is 16.6. The Labute approximate surface area is 145 Å². The Morgan fingerprint density at radius 2 is 2.04 bits per heavy atom. The first-order valence-electron chi connectivity index (χ1n) is 8.05. The molecule has 0 saturated heterocycles. The molecule has 1 atom stereocenters.